The molecule has 18 heavy (non-hydrogen) atoms. The maximum Gasteiger partial charge on any atom is 0.0713 e. The maximum atomic E-state index is 9.39. The van der Waals surface area contributed by atoms with Crippen molar-refractivity contribution in [2.75, 3.05) is 31.7 Å². The third kappa shape index (κ3) is 3.86. The van der Waals surface area contributed by atoms with E-state index in [0.717, 1.165) is 26.0 Å². The molecule has 2 aliphatic rings. The summed E-state index contributed by atoms with van der Waals surface area (Å²) in [6, 6.07) is 0.639. The van der Waals surface area contributed by atoms with Gasteiger partial charge in [-0.05, 0) is 57.6 Å². The van der Waals surface area contributed by atoms with Crippen molar-refractivity contribution in [1.82, 2.24) is 4.90 Å². The van der Waals surface area contributed by atoms with Crippen molar-refractivity contribution < 1.29 is 9.84 Å². The first kappa shape index (κ1) is 14.6. The summed E-state index contributed by atoms with van der Waals surface area (Å²) >= 11 is 2.06. The Morgan fingerprint density at radius 2 is 2.17 bits per heavy atom. The summed E-state index contributed by atoms with van der Waals surface area (Å²) in [4.78, 5) is 2.43. The zero-order valence-electron chi connectivity index (χ0n) is 11.7. The molecule has 3 nitrogen and oxygen atoms in total. The predicted molar refractivity (Wildman–Crippen MR) is 77.2 cm³/mol. The van der Waals surface area contributed by atoms with E-state index in [1.165, 1.54) is 30.8 Å². The van der Waals surface area contributed by atoms with Crippen molar-refractivity contribution in [3.8, 4) is 0 Å². The molecule has 0 amide bonds. The van der Waals surface area contributed by atoms with Gasteiger partial charge in [0, 0.05) is 19.2 Å². The Morgan fingerprint density at radius 1 is 1.44 bits per heavy atom. The lowest BCUT2D eigenvalue weighted by Crippen LogP contribution is -2.49. The number of rotatable bonds is 4. The van der Waals surface area contributed by atoms with E-state index in [1.807, 2.05) is 6.92 Å². The van der Waals surface area contributed by atoms with Crippen LogP contribution >= 0.6 is 11.8 Å². The van der Waals surface area contributed by atoms with E-state index in [9.17, 15) is 5.11 Å². The number of ether oxygens (including phenoxy) is 1. The van der Waals surface area contributed by atoms with E-state index in [-0.39, 0.29) is 11.7 Å². The Morgan fingerprint density at radius 3 is 2.83 bits per heavy atom. The highest BCUT2D eigenvalue weighted by Crippen LogP contribution is 2.38. The molecule has 2 saturated heterocycles. The van der Waals surface area contributed by atoms with Crippen LogP contribution in [0.4, 0.5) is 0 Å². The van der Waals surface area contributed by atoms with Gasteiger partial charge >= 0.3 is 0 Å². The number of aliphatic hydroxyl groups is 1. The summed E-state index contributed by atoms with van der Waals surface area (Å²) in [5.41, 5.74) is 0.174. The van der Waals surface area contributed by atoms with Gasteiger partial charge in [-0.1, -0.05) is 0 Å². The summed E-state index contributed by atoms with van der Waals surface area (Å²) in [5, 5.41) is 9.39. The third-order valence-electron chi connectivity index (χ3n) is 4.39. The minimum atomic E-state index is -0.188. The normalized spacial score (nSPS) is 29.7. The molecule has 1 N–H and O–H groups in total. The van der Waals surface area contributed by atoms with E-state index in [0.29, 0.717) is 6.04 Å². The molecule has 2 unspecified atom stereocenters. The van der Waals surface area contributed by atoms with Crippen molar-refractivity contribution in [2.24, 2.45) is 0 Å². The van der Waals surface area contributed by atoms with Gasteiger partial charge in [0.15, 0.2) is 0 Å². The van der Waals surface area contributed by atoms with Crippen LogP contribution in [0.2, 0.25) is 0 Å². The molecule has 2 atom stereocenters. The van der Waals surface area contributed by atoms with Crippen LogP contribution in [0.25, 0.3) is 0 Å². The van der Waals surface area contributed by atoms with Crippen LogP contribution in [0.3, 0.4) is 0 Å². The zero-order valence-corrected chi connectivity index (χ0v) is 12.5. The lowest BCUT2D eigenvalue weighted by atomic mass is 9.85. The van der Waals surface area contributed by atoms with Crippen molar-refractivity contribution in [2.45, 2.75) is 56.8 Å². The number of hydrogen-bond donors (Lipinski definition) is 1. The van der Waals surface area contributed by atoms with Crippen LogP contribution in [0.5, 0.6) is 0 Å². The molecule has 0 bridgehead atoms. The van der Waals surface area contributed by atoms with Gasteiger partial charge in [-0.3, -0.25) is 0 Å². The van der Waals surface area contributed by atoms with Gasteiger partial charge in [-0.15, -0.1) is 0 Å². The van der Waals surface area contributed by atoms with E-state index < -0.39 is 0 Å². The molecule has 0 saturated carbocycles. The van der Waals surface area contributed by atoms with Gasteiger partial charge in [0.25, 0.3) is 0 Å². The SMILES string of the molecule is CC(O)CCN(C)C1CCOC2(CCSCC2)C1. The second-order valence-corrected chi connectivity index (χ2v) is 7.13. The van der Waals surface area contributed by atoms with Gasteiger partial charge < -0.3 is 14.7 Å². The standard InChI is InChI=1S/C14H27NO2S/c1-12(16)3-7-15(2)13-4-8-17-14(11-13)5-9-18-10-6-14/h12-13,16H,3-11H2,1-2H3. The topological polar surface area (TPSA) is 32.7 Å². The Balaban J connectivity index is 1.85. The molecule has 0 aromatic rings. The molecule has 4 heteroatoms. The van der Waals surface area contributed by atoms with E-state index >= 15 is 0 Å². The van der Waals surface area contributed by atoms with Crippen molar-refractivity contribution in [1.29, 1.82) is 0 Å². The Bertz CT molecular complexity index is 249. The van der Waals surface area contributed by atoms with Crippen LogP contribution in [-0.2, 0) is 4.74 Å². The lowest BCUT2D eigenvalue weighted by molar-refractivity contribution is -0.108. The molecule has 106 valence electrons. The van der Waals surface area contributed by atoms with Gasteiger partial charge in [-0.2, -0.15) is 11.8 Å². The largest absolute Gasteiger partial charge is 0.393 e. The van der Waals surface area contributed by atoms with Gasteiger partial charge in [-0.25, -0.2) is 0 Å². The van der Waals surface area contributed by atoms with Crippen LogP contribution in [-0.4, -0.2) is 59.5 Å². The zero-order chi connectivity index (χ0) is 13.0. The summed E-state index contributed by atoms with van der Waals surface area (Å²) in [6.07, 6.45) is 5.45. The fourth-order valence-electron chi connectivity index (χ4n) is 3.04. The molecule has 2 aliphatic heterocycles. The van der Waals surface area contributed by atoms with Crippen LogP contribution in [0.1, 0.15) is 39.0 Å². The Labute approximate surface area is 115 Å². The molecule has 0 aliphatic carbocycles. The molecule has 0 aromatic carbocycles. The molecular formula is C14H27NO2S. The summed E-state index contributed by atoms with van der Waals surface area (Å²) in [5.74, 6) is 2.51. The summed E-state index contributed by atoms with van der Waals surface area (Å²) < 4.78 is 6.12. The van der Waals surface area contributed by atoms with E-state index in [2.05, 4.69) is 23.7 Å². The molecule has 2 fully saturated rings. The molecule has 2 rings (SSSR count). The van der Waals surface area contributed by atoms with E-state index in [4.69, 9.17) is 4.74 Å². The molecule has 1 spiro atoms. The Kier molecular flexibility index (Phi) is 5.36. The van der Waals surface area contributed by atoms with Gasteiger partial charge in [0.05, 0.1) is 11.7 Å². The smallest absolute Gasteiger partial charge is 0.0713 e. The number of thioether (sulfide) groups is 1. The highest BCUT2D eigenvalue weighted by molar-refractivity contribution is 7.99. The molecule has 0 radical (unpaired) electrons. The quantitative estimate of drug-likeness (QED) is 0.850. The lowest BCUT2D eigenvalue weighted by Gasteiger charge is -2.45. The maximum absolute atomic E-state index is 9.39. The average molecular weight is 273 g/mol. The molecule has 2 heterocycles. The first-order valence-corrected chi connectivity index (χ1v) is 8.37. The second kappa shape index (κ2) is 6.60. The molecule has 0 aromatic heterocycles. The summed E-state index contributed by atoms with van der Waals surface area (Å²) in [6.45, 7) is 3.78. The minimum absolute atomic E-state index is 0.174. The highest BCUT2D eigenvalue weighted by Gasteiger charge is 2.39. The highest BCUT2D eigenvalue weighted by atomic mass is 32.2. The fourth-order valence-corrected chi connectivity index (χ4v) is 4.28. The van der Waals surface area contributed by atoms with Crippen molar-refractivity contribution in [3.05, 3.63) is 0 Å². The first-order valence-electron chi connectivity index (χ1n) is 7.21. The van der Waals surface area contributed by atoms with Gasteiger partial charge in [0.1, 0.15) is 0 Å². The number of hydrogen-bond acceptors (Lipinski definition) is 4. The van der Waals surface area contributed by atoms with Crippen LogP contribution in [0, 0.1) is 0 Å². The predicted octanol–water partition coefficient (Wildman–Crippen LogP) is 2.13. The first-order chi connectivity index (χ1) is 8.61. The Hall–Kier alpha value is 0.230. The van der Waals surface area contributed by atoms with Crippen molar-refractivity contribution in [3.63, 3.8) is 0 Å². The van der Waals surface area contributed by atoms with Gasteiger partial charge in [0.2, 0.25) is 0 Å². The van der Waals surface area contributed by atoms with E-state index in [1.54, 1.807) is 0 Å². The number of aliphatic hydroxyl groups excluding tert-OH is 1. The van der Waals surface area contributed by atoms with Crippen LogP contribution < -0.4 is 0 Å². The van der Waals surface area contributed by atoms with Crippen LogP contribution in [0.15, 0.2) is 0 Å². The second-order valence-electron chi connectivity index (χ2n) is 5.91. The summed E-state index contributed by atoms with van der Waals surface area (Å²) in [7, 11) is 2.20. The fraction of sp³-hybridized carbons (Fsp3) is 1.00. The van der Waals surface area contributed by atoms with Crippen molar-refractivity contribution >= 4 is 11.8 Å². The minimum Gasteiger partial charge on any atom is -0.393 e. The average Bonchev–Trinajstić information content (AvgIpc) is 2.37. The molecular weight excluding hydrogens is 246 g/mol. The monoisotopic (exact) mass is 273 g/mol. The third-order valence-corrected chi connectivity index (χ3v) is 5.38. The number of nitrogens with zero attached hydrogens (tertiary/aromatic N) is 1.